The van der Waals surface area contributed by atoms with Crippen LogP contribution in [0.4, 0.5) is 0 Å². The first-order valence-corrected chi connectivity index (χ1v) is 7.58. The minimum atomic E-state index is -0.470. The summed E-state index contributed by atoms with van der Waals surface area (Å²) in [4.78, 5) is 29.8. The molecule has 22 heavy (non-hydrogen) atoms. The van der Waals surface area contributed by atoms with Crippen LogP contribution in [0.15, 0.2) is 17.1 Å². The summed E-state index contributed by atoms with van der Waals surface area (Å²) in [7, 11) is 0. The highest BCUT2D eigenvalue weighted by Gasteiger charge is 2.45. The van der Waals surface area contributed by atoms with E-state index in [9.17, 15) is 9.59 Å². The first-order valence-electron chi connectivity index (χ1n) is 6.82. The van der Waals surface area contributed by atoms with Crippen molar-refractivity contribution >= 4 is 41.0 Å². The highest BCUT2D eigenvalue weighted by molar-refractivity contribution is 6.42. The molecule has 0 bridgehead atoms. The molecule has 1 saturated carbocycles. The van der Waals surface area contributed by atoms with Crippen molar-refractivity contribution in [2.75, 3.05) is 0 Å². The lowest BCUT2D eigenvalue weighted by atomic mass is 10.0. The largest absolute Gasteiger partial charge is 0.370 e. The average molecular weight is 341 g/mol. The van der Waals surface area contributed by atoms with Crippen molar-refractivity contribution in [3.05, 3.63) is 33.3 Å². The van der Waals surface area contributed by atoms with E-state index in [-0.39, 0.29) is 24.3 Å². The smallest absolute Gasteiger partial charge is 0.255 e. The van der Waals surface area contributed by atoms with Crippen LogP contribution >= 0.6 is 23.2 Å². The number of amides is 2. The number of nitrogens with two attached hydrogens (primary N) is 2. The number of carbonyl (C=O) groups excluding carboxylic acids is 2. The Labute approximate surface area is 137 Å². The van der Waals surface area contributed by atoms with Gasteiger partial charge in [-0.15, -0.1) is 0 Å². The van der Waals surface area contributed by atoms with Crippen molar-refractivity contribution in [3.63, 3.8) is 0 Å². The number of nitrogens with zero attached hydrogens (tertiary/aromatic N) is 2. The van der Waals surface area contributed by atoms with E-state index in [1.54, 1.807) is 17.0 Å². The molecule has 1 aliphatic heterocycles. The van der Waals surface area contributed by atoms with Crippen molar-refractivity contribution in [1.29, 1.82) is 0 Å². The molecule has 4 N–H and O–H groups in total. The van der Waals surface area contributed by atoms with Gasteiger partial charge in [0.2, 0.25) is 0 Å². The number of aliphatic imine (C=N–C) groups is 1. The average Bonchev–Trinajstić information content (AvgIpc) is 3.20. The molecule has 1 atom stereocenters. The Morgan fingerprint density at radius 2 is 1.91 bits per heavy atom. The third-order valence-electron chi connectivity index (χ3n) is 3.81. The number of hydrogen-bond donors (Lipinski definition) is 2. The van der Waals surface area contributed by atoms with Crippen molar-refractivity contribution in [2.45, 2.75) is 31.3 Å². The fourth-order valence-corrected chi connectivity index (χ4v) is 3.13. The molecule has 8 heteroatoms. The monoisotopic (exact) mass is 340 g/mol. The van der Waals surface area contributed by atoms with Crippen LogP contribution in [0.3, 0.4) is 0 Å². The van der Waals surface area contributed by atoms with E-state index in [1.165, 1.54) is 0 Å². The summed E-state index contributed by atoms with van der Waals surface area (Å²) in [6.45, 7) is 0. The third-order valence-corrected chi connectivity index (χ3v) is 4.54. The van der Waals surface area contributed by atoms with Gasteiger partial charge in [-0.2, -0.15) is 4.99 Å². The van der Waals surface area contributed by atoms with Crippen molar-refractivity contribution in [2.24, 2.45) is 16.5 Å². The number of benzene rings is 1. The predicted octanol–water partition coefficient (Wildman–Crippen LogP) is 1.84. The second kappa shape index (κ2) is 5.44. The molecule has 2 aliphatic rings. The first-order chi connectivity index (χ1) is 10.4. The number of carbonyl (C=O) groups is 2. The van der Waals surface area contributed by atoms with E-state index in [1.807, 2.05) is 0 Å². The summed E-state index contributed by atoms with van der Waals surface area (Å²) in [5, 5.41) is 0.672. The van der Waals surface area contributed by atoms with Crippen LogP contribution in [0.25, 0.3) is 0 Å². The van der Waals surface area contributed by atoms with Crippen LogP contribution in [-0.4, -0.2) is 28.7 Å². The summed E-state index contributed by atoms with van der Waals surface area (Å²) in [5.41, 5.74) is 11.6. The Bertz CT molecular complexity index is 696. The molecule has 0 unspecified atom stereocenters. The van der Waals surface area contributed by atoms with Crippen LogP contribution in [0.1, 0.15) is 41.2 Å². The molecular weight excluding hydrogens is 327 g/mol. The Balaban J connectivity index is 1.99. The molecule has 0 aromatic heterocycles. The van der Waals surface area contributed by atoms with Gasteiger partial charge in [-0.3, -0.25) is 9.59 Å². The Morgan fingerprint density at radius 1 is 1.27 bits per heavy atom. The molecule has 0 spiro atoms. The molecule has 6 nitrogen and oxygen atoms in total. The molecule has 0 radical (unpaired) electrons. The zero-order chi connectivity index (χ0) is 16.0. The Kier molecular flexibility index (Phi) is 3.74. The first kappa shape index (κ1) is 15.1. The van der Waals surface area contributed by atoms with Gasteiger partial charge in [0, 0.05) is 11.6 Å². The summed E-state index contributed by atoms with van der Waals surface area (Å²) < 4.78 is 0. The van der Waals surface area contributed by atoms with Crippen LogP contribution < -0.4 is 11.5 Å². The number of hydrogen-bond acceptors (Lipinski definition) is 2. The normalized spacial score (nSPS) is 20.0. The van der Waals surface area contributed by atoms with E-state index in [0.717, 1.165) is 12.8 Å². The van der Waals surface area contributed by atoms with Gasteiger partial charge in [-0.1, -0.05) is 23.2 Å². The quantitative estimate of drug-likeness (QED) is 0.647. The Morgan fingerprint density at radius 3 is 2.50 bits per heavy atom. The minimum Gasteiger partial charge on any atom is -0.370 e. The second-order valence-corrected chi connectivity index (χ2v) is 6.26. The maximum absolute atomic E-state index is 12.6. The lowest BCUT2D eigenvalue weighted by molar-refractivity contribution is -0.118. The molecule has 1 fully saturated rings. The maximum atomic E-state index is 12.6. The van der Waals surface area contributed by atoms with E-state index >= 15 is 0 Å². The molecular formula is C14H14Cl2N4O2. The zero-order valence-corrected chi connectivity index (χ0v) is 13.1. The van der Waals surface area contributed by atoms with Gasteiger partial charge < -0.3 is 16.4 Å². The summed E-state index contributed by atoms with van der Waals surface area (Å²) in [6.07, 6.45) is 1.87. The Hall–Kier alpha value is -1.79. The van der Waals surface area contributed by atoms with Gasteiger partial charge in [0.25, 0.3) is 11.8 Å². The standard InChI is InChI=1S/C14H14Cl2N4O2/c15-9-3-7-8(4-10(9)16)13(22)20(6-1-2-6)11(7)5-12(21)19-14(17)18/h3-4,6,11H,1-2,5H2,(H4,17,18,19,21)/t11-/m0/s1. The SMILES string of the molecule is NC(N)=NC(=O)C[C@H]1c2cc(Cl)c(Cl)cc2C(=O)N1C1CC1. The van der Waals surface area contributed by atoms with Gasteiger partial charge in [0.1, 0.15) is 0 Å². The molecule has 0 saturated heterocycles. The second-order valence-electron chi connectivity index (χ2n) is 5.45. The topological polar surface area (TPSA) is 102 Å². The third kappa shape index (κ3) is 2.64. The minimum absolute atomic E-state index is 0.0189. The van der Waals surface area contributed by atoms with E-state index in [0.29, 0.717) is 21.2 Å². The summed E-state index contributed by atoms with van der Waals surface area (Å²) in [5.74, 6) is -0.886. The zero-order valence-electron chi connectivity index (χ0n) is 11.6. The highest BCUT2D eigenvalue weighted by atomic mass is 35.5. The number of fused-ring (bicyclic) bond motifs is 1. The fraction of sp³-hybridized carbons (Fsp3) is 0.357. The molecule has 1 aromatic rings. The van der Waals surface area contributed by atoms with E-state index in [4.69, 9.17) is 34.7 Å². The van der Waals surface area contributed by atoms with Crippen molar-refractivity contribution in [3.8, 4) is 0 Å². The fourth-order valence-electron chi connectivity index (χ4n) is 2.79. The number of guanidine groups is 1. The van der Waals surface area contributed by atoms with E-state index in [2.05, 4.69) is 4.99 Å². The molecule has 3 rings (SSSR count). The summed E-state index contributed by atoms with van der Waals surface area (Å²) >= 11 is 12.1. The summed E-state index contributed by atoms with van der Waals surface area (Å²) in [6, 6.07) is 2.95. The number of halogens is 2. The van der Waals surface area contributed by atoms with Crippen molar-refractivity contribution in [1.82, 2.24) is 4.90 Å². The maximum Gasteiger partial charge on any atom is 0.255 e. The molecule has 1 aromatic carbocycles. The van der Waals surface area contributed by atoms with Crippen LogP contribution in [-0.2, 0) is 4.79 Å². The lowest BCUT2D eigenvalue weighted by Gasteiger charge is -2.24. The van der Waals surface area contributed by atoms with Gasteiger partial charge >= 0.3 is 0 Å². The van der Waals surface area contributed by atoms with Crippen LogP contribution in [0.2, 0.25) is 10.0 Å². The molecule has 1 aliphatic carbocycles. The van der Waals surface area contributed by atoms with Crippen LogP contribution in [0, 0.1) is 0 Å². The van der Waals surface area contributed by atoms with Crippen LogP contribution in [0.5, 0.6) is 0 Å². The van der Waals surface area contributed by atoms with Crippen molar-refractivity contribution < 1.29 is 9.59 Å². The molecule has 1 heterocycles. The van der Waals surface area contributed by atoms with Gasteiger partial charge in [-0.05, 0) is 30.5 Å². The van der Waals surface area contributed by atoms with E-state index < -0.39 is 11.9 Å². The molecule has 116 valence electrons. The van der Waals surface area contributed by atoms with Gasteiger partial charge in [0.15, 0.2) is 5.96 Å². The lowest BCUT2D eigenvalue weighted by Crippen LogP contribution is -2.32. The van der Waals surface area contributed by atoms with Gasteiger partial charge in [0.05, 0.1) is 22.5 Å². The molecule has 2 amide bonds. The predicted molar refractivity (Wildman–Crippen MR) is 83.8 cm³/mol. The number of rotatable bonds is 3. The highest BCUT2D eigenvalue weighted by Crippen LogP contribution is 2.45. The van der Waals surface area contributed by atoms with Gasteiger partial charge in [-0.25, -0.2) is 0 Å².